The maximum absolute atomic E-state index is 13.9. The fourth-order valence-electron chi connectivity index (χ4n) is 3.08. The van der Waals surface area contributed by atoms with Gasteiger partial charge < -0.3 is 4.90 Å². The quantitative estimate of drug-likeness (QED) is 0.670. The molecule has 0 spiro atoms. The highest BCUT2D eigenvalue weighted by atomic mass is 32.2. The standard InChI is InChI=1S/C17H17FN6O2S/c18-16-3-1-2-4-17(16)22-9-11-23(12-10-22)27(25,26)15-7-5-14(6-8-15)24-13-19-20-21-24/h1-8,13H,9-12H2. The number of nitrogens with zero attached hydrogens (tertiary/aromatic N) is 6. The van der Waals surface area contributed by atoms with Crippen LogP contribution in [-0.2, 0) is 10.0 Å². The van der Waals surface area contributed by atoms with Crippen LogP contribution < -0.4 is 4.90 Å². The first-order valence-corrected chi connectivity index (χ1v) is 9.83. The van der Waals surface area contributed by atoms with E-state index in [1.165, 1.54) is 33.5 Å². The Bertz CT molecular complexity index is 1020. The molecule has 140 valence electrons. The molecule has 1 aliphatic rings. The van der Waals surface area contributed by atoms with Crippen molar-refractivity contribution in [3.05, 3.63) is 60.7 Å². The third-order valence-electron chi connectivity index (χ3n) is 4.52. The molecule has 10 heteroatoms. The molecule has 3 aromatic rings. The summed E-state index contributed by atoms with van der Waals surface area (Å²) in [6.07, 6.45) is 1.44. The monoisotopic (exact) mass is 388 g/mol. The van der Waals surface area contributed by atoms with Crippen LogP contribution in [0.5, 0.6) is 0 Å². The Labute approximate surface area is 155 Å². The van der Waals surface area contributed by atoms with Gasteiger partial charge in [-0.1, -0.05) is 12.1 Å². The van der Waals surface area contributed by atoms with E-state index < -0.39 is 10.0 Å². The highest BCUT2D eigenvalue weighted by molar-refractivity contribution is 7.89. The highest BCUT2D eigenvalue weighted by Gasteiger charge is 2.29. The largest absolute Gasteiger partial charge is 0.367 e. The van der Waals surface area contributed by atoms with Crippen molar-refractivity contribution in [1.82, 2.24) is 24.5 Å². The number of halogens is 1. The molecule has 8 nitrogen and oxygen atoms in total. The molecule has 0 aliphatic carbocycles. The van der Waals surface area contributed by atoms with Crippen LogP contribution in [-0.4, -0.2) is 59.1 Å². The van der Waals surface area contributed by atoms with Crippen LogP contribution in [0.1, 0.15) is 0 Å². The van der Waals surface area contributed by atoms with E-state index in [9.17, 15) is 12.8 Å². The number of benzene rings is 2. The Morgan fingerprint density at radius 2 is 1.63 bits per heavy atom. The molecule has 1 aromatic heterocycles. The van der Waals surface area contributed by atoms with Gasteiger partial charge in [0, 0.05) is 26.2 Å². The van der Waals surface area contributed by atoms with Crippen molar-refractivity contribution >= 4 is 15.7 Å². The van der Waals surface area contributed by atoms with Crippen LogP contribution in [0.3, 0.4) is 0 Å². The maximum atomic E-state index is 13.9. The van der Waals surface area contributed by atoms with E-state index in [0.29, 0.717) is 37.6 Å². The lowest BCUT2D eigenvalue weighted by molar-refractivity contribution is 0.383. The summed E-state index contributed by atoms with van der Waals surface area (Å²) in [6.45, 7) is 1.46. The van der Waals surface area contributed by atoms with Crippen molar-refractivity contribution in [1.29, 1.82) is 0 Å². The topological polar surface area (TPSA) is 84.2 Å². The van der Waals surface area contributed by atoms with Crippen molar-refractivity contribution in [2.45, 2.75) is 4.90 Å². The molecule has 1 aliphatic heterocycles. The lowest BCUT2D eigenvalue weighted by Gasteiger charge is -2.35. The Morgan fingerprint density at radius 3 is 2.26 bits per heavy atom. The minimum Gasteiger partial charge on any atom is -0.367 e. The first-order valence-electron chi connectivity index (χ1n) is 8.39. The molecular weight excluding hydrogens is 371 g/mol. The number of rotatable bonds is 4. The van der Waals surface area contributed by atoms with E-state index in [1.54, 1.807) is 30.3 Å². The summed E-state index contributed by atoms with van der Waals surface area (Å²) in [5.74, 6) is -0.299. The minimum atomic E-state index is -3.61. The SMILES string of the molecule is O=S(=O)(c1ccc(-n2cnnn2)cc1)N1CCN(c2ccccc2F)CC1. The smallest absolute Gasteiger partial charge is 0.243 e. The van der Waals surface area contributed by atoms with Crippen LogP contribution >= 0.6 is 0 Å². The summed E-state index contributed by atoms with van der Waals surface area (Å²) in [5.41, 5.74) is 1.17. The predicted molar refractivity (Wildman–Crippen MR) is 96.5 cm³/mol. The van der Waals surface area contributed by atoms with E-state index in [0.717, 1.165) is 0 Å². The van der Waals surface area contributed by atoms with Gasteiger partial charge in [-0.2, -0.15) is 4.31 Å². The van der Waals surface area contributed by atoms with Gasteiger partial charge in [0.1, 0.15) is 12.1 Å². The summed E-state index contributed by atoms with van der Waals surface area (Å²) in [5, 5.41) is 10.9. The number of anilines is 1. The second-order valence-electron chi connectivity index (χ2n) is 6.09. The molecule has 0 atom stereocenters. The van der Waals surface area contributed by atoms with Gasteiger partial charge >= 0.3 is 0 Å². The van der Waals surface area contributed by atoms with E-state index in [4.69, 9.17) is 0 Å². The van der Waals surface area contributed by atoms with Crippen LogP contribution in [0.25, 0.3) is 5.69 Å². The van der Waals surface area contributed by atoms with Gasteiger partial charge in [0.15, 0.2) is 0 Å². The molecule has 0 saturated carbocycles. The normalized spacial score (nSPS) is 15.8. The van der Waals surface area contributed by atoms with E-state index in [1.807, 2.05) is 4.90 Å². The lowest BCUT2D eigenvalue weighted by atomic mass is 10.2. The molecule has 4 rings (SSSR count). The van der Waals surface area contributed by atoms with Crippen LogP contribution in [0.2, 0.25) is 0 Å². The van der Waals surface area contributed by atoms with Crippen molar-refractivity contribution < 1.29 is 12.8 Å². The molecule has 0 radical (unpaired) electrons. The predicted octanol–water partition coefficient (Wildman–Crippen LogP) is 1.31. The third-order valence-corrected chi connectivity index (χ3v) is 6.43. The first kappa shape index (κ1) is 17.6. The van der Waals surface area contributed by atoms with Gasteiger partial charge in [-0.3, -0.25) is 0 Å². The molecular formula is C17H17FN6O2S. The Balaban J connectivity index is 1.48. The zero-order valence-electron chi connectivity index (χ0n) is 14.3. The number of piperazine rings is 1. The van der Waals surface area contributed by atoms with Gasteiger partial charge in [0.05, 0.1) is 16.3 Å². The fourth-order valence-corrected chi connectivity index (χ4v) is 4.50. The maximum Gasteiger partial charge on any atom is 0.243 e. The molecule has 0 amide bonds. The van der Waals surface area contributed by atoms with Gasteiger partial charge in [-0.25, -0.2) is 17.5 Å². The second-order valence-corrected chi connectivity index (χ2v) is 8.03. The zero-order chi connectivity index (χ0) is 18.9. The number of hydrogen-bond donors (Lipinski definition) is 0. The molecule has 1 fully saturated rings. The molecule has 0 N–H and O–H groups in total. The number of para-hydroxylation sites is 1. The van der Waals surface area contributed by atoms with Crippen LogP contribution in [0.4, 0.5) is 10.1 Å². The van der Waals surface area contributed by atoms with Crippen molar-refractivity contribution in [3.63, 3.8) is 0 Å². The van der Waals surface area contributed by atoms with Gasteiger partial charge in [0.2, 0.25) is 10.0 Å². The Hall–Kier alpha value is -2.85. The number of sulfonamides is 1. The highest BCUT2D eigenvalue weighted by Crippen LogP contribution is 2.23. The average Bonchev–Trinajstić information content (AvgIpc) is 3.23. The van der Waals surface area contributed by atoms with Gasteiger partial charge in [0.25, 0.3) is 0 Å². The van der Waals surface area contributed by atoms with E-state index in [2.05, 4.69) is 15.5 Å². The summed E-state index contributed by atoms with van der Waals surface area (Å²) in [7, 11) is -3.61. The molecule has 0 unspecified atom stereocenters. The summed E-state index contributed by atoms with van der Waals surface area (Å²) < 4.78 is 42.6. The fraction of sp³-hybridized carbons (Fsp3) is 0.235. The molecule has 2 heterocycles. The molecule has 2 aromatic carbocycles. The second kappa shape index (κ2) is 7.05. The molecule has 0 bridgehead atoms. The molecule has 1 saturated heterocycles. The van der Waals surface area contributed by atoms with E-state index >= 15 is 0 Å². The minimum absolute atomic E-state index is 0.207. The number of hydrogen-bond acceptors (Lipinski definition) is 6. The Kier molecular flexibility index (Phi) is 4.58. The van der Waals surface area contributed by atoms with Crippen molar-refractivity contribution in [2.75, 3.05) is 31.1 Å². The van der Waals surface area contributed by atoms with Gasteiger partial charge in [-0.05, 0) is 46.8 Å². The number of tetrazole rings is 1. The lowest BCUT2D eigenvalue weighted by Crippen LogP contribution is -2.48. The third kappa shape index (κ3) is 3.40. The average molecular weight is 388 g/mol. The van der Waals surface area contributed by atoms with Crippen LogP contribution in [0, 0.1) is 5.82 Å². The first-order chi connectivity index (χ1) is 13.1. The van der Waals surface area contributed by atoms with Gasteiger partial charge in [-0.15, -0.1) is 5.10 Å². The number of aromatic nitrogens is 4. The van der Waals surface area contributed by atoms with E-state index in [-0.39, 0.29) is 10.7 Å². The zero-order valence-corrected chi connectivity index (χ0v) is 15.1. The summed E-state index contributed by atoms with van der Waals surface area (Å²) in [4.78, 5) is 2.07. The van der Waals surface area contributed by atoms with Crippen LogP contribution in [0.15, 0.2) is 59.8 Å². The molecule has 27 heavy (non-hydrogen) atoms. The van der Waals surface area contributed by atoms with Crippen molar-refractivity contribution in [2.24, 2.45) is 0 Å². The summed E-state index contributed by atoms with van der Waals surface area (Å²) in [6, 6.07) is 12.9. The Morgan fingerprint density at radius 1 is 0.926 bits per heavy atom. The van der Waals surface area contributed by atoms with Crippen molar-refractivity contribution in [3.8, 4) is 5.69 Å². The summed E-state index contributed by atoms with van der Waals surface area (Å²) >= 11 is 0.